The number of hydrogen-bond donors (Lipinski definition) is 1. The molecule has 11 heteroatoms. The Morgan fingerprint density at radius 2 is 1.97 bits per heavy atom. The van der Waals surface area contributed by atoms with Crippen LogP contribution in [0.2, 0.25) is 5.02 Å². The SMILES string of the molecule is C=CCn1c(SCC(=O)Nc2cc(C(F)(F)F)ccc2Cl)nnc1-c1ccncc1. The van der Waals surface area contributed by atoms with E-state index in [1.807, 2.05) is 0 Å². The van der Waals surface area contributed by atoms with Gasteiger partial charge in [-0.15, -0.1) is 16.8 Å². The number of aromatic nitrogens is 4. The highest BCUT2D eigenvalue weighted by Crippen LogP contribution is 2.34. The van der Waals surface area contributed by atoms with Crippen LogP contribution in [0.5, 0.6) is 0 Å². The molecule has 1 amide bonds. The third-order valence-electron chi connectivity index (χ3n) is 3.87. The van der Waals surface area contributed by atoms with Crippen LogP contribution in [0, 0.1) is 0 Å². The lowest BCUT2D eigenvalue weighted by Crippen LogP contribution is -2.16. The van der Waals surface area contributed by atoms with Crippen LogP contribution in [0.15, 0.2) is 60.5 Å². The van der Waals surface area contributed by atoms with Crippen LogP contribution in [-0.2, 0) is 17.5 Å². The van der Waals surface area contributed by atoms with E-state index in [0.29, 0.717) is 17.5 Å². The van der Waals surface area contributed by atoms with Gasteiger partial charge in [0, 0.05) is 24.5 Å². The normalized spacial score (nSPS) is 11.3. The third-order valence-corrected chi connectivity index (χ3v) is 5.16. The van der Waals surface area contributed by atoms with Gasteiger partial charge in [-0.05, 0) is 30.3 Å². The summed E-state index contributed by atoms with van der Waals surface area (Å²) < 4.78 is 40.4. The molecule has 3 aromatic rings. The molecule has 0 radical (unpaired) electrons. The second-order valence-electron chi connectivity index (χ2n) is 5.97. The van der Waals surface area contributed by atoms with Gasteiger partial charge in [0.25, 0.3) is 0 Å². The summed E-state index contributed by atoms with van der Waals surface area (Å²) in [7, 11) is 0. The fourth-order valence-corrected chi connectivity index (χ4v) is 3.43. The number of benzene rings is 1. The predicted octanol–water partition coefficient (Wildman–Crippen LogP) is 4.93. The minimum atomic E-state index is -4.54. The molecule has 156 valence electrons. The number of halogens is 4. The molecule has 0 saturated heterocycles. The van der Waals surface area contributed by atoms with E-state index >= 15 is 0 Å². The van der Waals surface area contributed by atoms with Gasteiger partial charge in [-0.2, -0.15) is 13.2 Å². The molecule has 0 saturated carbocycles. The Morgan fingerprint density at radius 1 is 1.23 bits per heavy atom. The van der Waals surface area contributed by atoms with Crippen LogP contribution in [-0.4, -0.2) is 31.4 Å². The predicted molar refractivity (Wildman–Crippen MR) is 109 cm³/mol. The van der Waals surface area contributed by atoms with Gasteiger partial charge in [0.05, 0.1) is 22.0 Å². The van der Waals surface area contributed by atoms with Crippen molar-refractivity contribution in [1.29, 1.82) is 0 Å². The number of pyridine rings is 1. The van der Waals surface area contributed by atoms with Crippen molar-refractivity contribution in [3.8, 4) is 11.4 Å². The average Bonchev–Trinajstić information content (AvgIpc) is 3.11. The monoisotopic (exact) mass is 453 g/mol. The maximum atomic E-state index is 12.9. The molecule has 0 aliphatic rings. The van der Waals surface area contributed by atoms with Crippen molar-refractivity contribution >= 4 is 35.0 Å². The summed E-state index contributed by atoms with van der Waals surface area (Å²) in [4.78, 5) is 16.3. The standard InChI is InChI=1S/C19H15ClF3N5OS/c1-2-9-28-17(12-5-7-24-8-6-12)26-27-18(28)30-11-16(29)25-15-10-13(19(21,22)23)3-4-14(15)20/h2-8,10H,1,9,11H2,(H,25,29). The molecule has 0 atom stereocenters. The fourth-order valence-electron chi connectivity index (χ4n) is 2.52. The Balaban J connectivity index is 1.73. The lowest BCUT2D eigenvalue weighted by atomic mass is 10.2. The second kappa shape index (κ2) is 9.31. The first-order valence-electron chi connectivity index (χ1n) is 8.53. The largest absolute Gasteiger partial charge is 0.416 e. The number of allylic oxidation sites excluding steroid dienone is 1. The molecule has 0 aliphatic heterocycles. The number of alkyl halides is 3. The van der Waals surface area contributed by atoms with E-state index in [9.17, 15) is 18.0 Å². The summed E-state index contributed by atoms with van der Waals surface area (Å²) in [5.74, 6) is -0.0426. The molecule has 0 bridgehead atoms. The van der Waals surface area contributed by atoms with E-state index in [0.717, 1.165) is 35.5 Å². The molecule has 1 aromatic carbocycles. The highest BCUT2D eigenvalue weighted by molar-refractivity contribution is 7.99. The number of nitrogens with zero attached hydrogens (tertiary/aromatic N) is 4. The molecule has 2 heterocycles. The summed E-state index contributed by atoms with van der Waals surface area (Å²) in [6, 6.07) is 6.30. The number of amides is 1. The van der Waals surface area contributed by atoms with Crippen LogP contribution in [0.4, 0.5) is 18.9 Å². The maximum Gasteiger partial charge on any atom is 0.416 e. The number of nitrogens with one attached hydrogen (secondary N) is 1. The van der Waals surface area contributed by atoms with Crippen LogP contribution >= 0.6 is 23.4 Å². The van der Waals surface area contributed by atoms with Gasteiger partial charge >= 0.3 is 6.18 Å². The van der Waals surface area contributed by atoms with Crippen molar-refractivity contribution in [2.75, 3.05) is 11.1 Å². The van der Waals surface area contributed by atoms with E-state index in [-0.39, 0.29) is 16.5 Å². The van der Waals surface area contributed by atoms with E-state index in [1.54, 1.807) is 35.2 Å². The molecule has 6 nitrogen and oxygen atoms in total. The quantitative estimate of drug-likeness (QED) is 0.405. The Bertz CT molecular complexity index is 1060. The van der Waals surface area contributed by atoms with E-state index in [4.69, 9.17) is 11.6 Å². The smallest absolute Gasteiger partial charge is 0.324 e. The number of thioether (sulfide) groups is 1. The summed E-state index contributed by atoms with van der Waals surface area (Å²) in [6.45, 7) is 4.13. The van der Waals surface area contributed by atoms with E-state index < -0.39 is 17.6 Å². The first-order valence-corrected chi connectivity index (χ1v) is 9.90. The van der Waals surface area contributed by atoms with E-state index in [1.165, 1.54) is 0 Å². The van der Waals surface area contributed by atoms with Crippen LogP contribution < -0.4 is 5.32 Å². The average molecular weight is 454 g/mol. The summed E-state index contributed by atoms with van der Waals surface area (Å²) in [5.41, 5.74) is -0.212. The van der Waals surface area contributed by atoms with Crippen molar-refractivity contribution in [2.24, 2.45) is 0 Å². The highest BCUT2D eigenvalue weighted by atomic mass is 35.5. The van der Waals surface area contributed by atoms with Crippen LogP contribution in [0.3, 0.4) is 0 Å². The molecule has 0 fully saturated rings. The number of rotatable bonds is 7. The Kier molecular flexibility index (Phi) is 6.78. The Morgan fingerprint density at radius 3 is 2.63 bits per heavy atom. The molecular weight excluding hydrogens is 439 g/mol. The number of anilines is 1. The molecule has 1 N–H and O–H groups in total. The van der Waals surface area contributed by atoms with Crippen molar-refractivity contribution in [1.82, 2.24) is 19.7 Å². The highest BCUT2D eigenvalue weighted by Gasteiger charge is 2.31. The lowest BCUT2D eigenvalue weighted by molar-refractivity contribution is -0.137. The molecule has 3 rings (SSSR count). The maximum absolute atomic E-state index is 12.9. The summed E-state index contributed by atoms with van der Waals surface area (Å²) in [6.07, 6.45) is 0.381. The van der Waals surface area contributed by atoms with Gasteiger partial charge < -0.3 is 5.32 Å². The van der Waals surface area contributed by atoms with Gasteiger partial charge in [-0.3, -0.25) is 14.3 Å². The Hall–Kier alpha value is -2.85. The van der Waals surface area contributed by atoms with Crippen LogP contribution in [0.1, 0.15) is 5.56 Å². The third kappa shape index (κ3) is 5.19. The van der Waals surface area contributed by atoms with Gasteiger partial charge in [-0.1, -0.05) is 29.4 Å². The van der Waals surface area contributed by atoms with E-state index in [2.05, 4.69) is 27.1 Å². The topological polar surface area (TPSA) is 72.7 Å². The first kappa shape index (κ1) is 21.8. The minimum absolute atomic E-state index is 0.0103. The zero-order valence-electron chi connectivity index (χ0n) is 15.4. The molecular formula is C19H15ClF3N5OS. The van der Waals surface area contributed by atoms with Gasteiger partial charge in [-0.25, -0.2) is 0 Å². The lowest BCUT2D eigenvalue weighted by Gasteiger charge is -2.12. The molecule has 0 unspecified atom stereocenters. The minimum Gasteiger partial charge on any atom is -0.324 e. The molecule has 0 aliphatic carbocycles. The van der Waals surface area contributed by atoms with Crippen molar-refractivity contribution in [3.05, 3.63) is 66.0 Å². The van der Waals surface area contributed by atoms with Crippen molar-refractivity contribution in [2.45, 2.75) is 17.9 Å². The molecule has 30 heavy (non-hydrogen) atoms. The molecule has 0 spiro atoms. The zero-order valence-corrected chi connectivity index (χ0v) is 16.9. The van der Waals surface area contributed by atoms with Crippen molar-refractivity contribution in [3.63, 3.8) is 0 Å². The van der Waals surface area contributed by atoms with Gasteiger partial charge in [0.2, 0.25) is 5.91 Å². The number of carbonyl (C=O) groups excluding carboxylic acids is 1. The second-order valence-corrected chi connectivity index (χ2v) is 7.32. The van der Waals surface area contributed by atoms with Crippen LogP contribution in [0.25, 0.3) is 11.4 Å². The van der Waals surface area contributed by atoms with Gasteiger partial charge in [0.1, 0.15) is 0 Å². The summed E-state index contributed by atoms with van der Waals surface area (Å²) >= 11 is 7.01. The number of hydrogen-bond acceptors (Lipinski definition) is 5. The zero-order chi connectivity index (χ0) is 21.7. The van der Waals surface area contributed by atoms with Gasteiger partial charge in [0.15, 0.2) is 11.0 Å². The Labute approximate surface area is 179 Å². The first-order chi connectivity index (χ1) is 14.3. The van der Waals surface area contributed by atoms with Crippen molar-refractivity contribution < 1.29 is 18.0 Å². The fraction of sp³-hybridized carbons (Fsp3) is 0.158. The summed E-state index contributed by atoms with van der Waals surface area (Å²) in [5, 5.41) is 11.1. The number of carbonyl (C=O) groups is 1. The molecule has 2 aromatic heterocycles.